The number of nitrogens with zero attached hydrogens (tertiary/aromatic N) is 1. The normalized spacial score (nSPS) is 11.5. The number of esters is 1. The van der Waals surface area contributed by atoms with Gasteiger partial charge in [0.05, 0.1) is 23.9 Å². The van der Waals surface area contributed by atoms with Crippen molar-refractivity contribution in [1.82, 2.24) is 4.57 Å². The number of methoxy groups -OCH3 is 1. The van der Waals surface area contributed by atoms with Gasteiger partial charge in [0.15, 0.2) is 5.78 Å². The summed E-state index contributed by atoms with van der Waals surface area (Å²) in [5.74, 6) is -1.08. The summed E-state index contributed by atoms with van der Waals surface area (Å²) in [4.78, 5) is 36.8. The highest BCUT2D eigenvalue weighted by atomic mass is 32.1. The summed E-state index contributed by atoms with van der Waals surface area (Å²) in [6.45, 7) is 5.26. The quantitative estimate of drug-likeness (QED) is 0.398. The fourth-order valence-electron chi connectivity index (χ4n) is 2.96. The Morgan fingerprint density at radius 2 is 1.87 bits per heavy atom. The molecule has 0 amide bonds. The third kappa shape index (κ3) is 4.76. The maximum Gasteiger partial charge on any atom is 0.419 e. The summed E-state index contributed by atoms with van der Waals surface area (Å²) in [5, 5.41) is 2.46. The van der Waals surface area contributed by atoms with Crippen LogP contribution in [0.1, 0.15) is 43.3 Å². The SMILES string of the molecule is COC(=O)CCC(=O)c1cc(-c2cn(C(=O)OC(C)(C)C)c3cc(F)ccc23)cs1. The number of rotatable bonds is 5. The van der Waals surface area contributed by atoms with Crippen molar-refractivity contribution in [3.63, 3.8) is 0 Å². The first-order valence-corrected chi connectivity index (χ1v) is 10.2. The summed E-state index contributed by atoms with van der Waals surface area (Å²) >= 11 is 1.25. The fourth-order valence-corrected chi connectivity index (χ4v) is 3.83. The van der Waals surface area contributed by atoms with Gasteiger partial charge in [0.2, 0.25) is 0 Å². The van der Waals surface area contributed by atoms with E-state index in [1.165, 1.54) is 35.1 Å². The monoisotopic (exact) mass is 431 g/mol. The zero-order chi connectivity index (χ0) is 22.1. The number of fused-ring (bicyclic) bond motifs is 1. The van der Waals surface area contributed by atoms with E-state index in [-0.39, 0.29) is 18.6 Å². The predicted octanol–water partition coefficient (Wildman–Crippen LogP) is 5.43. The van der Waals surface area contributed by atoms with Gasteiger partial charge in [0.1, 0.15) is 11.4 Å². The van der Waals surface area contributed by atoms with Crippen LogP contribution < -0.4 is 0 Å². The molecule has 0 aliphatic heterocycles. The van der Waals surface area contributed by atoms with E-state index in [0.717, 1.165) is 5.56 Å². The molecule has 0 saturated carbocycles. The minimum absolute atomic E-state index is 0.0137. The average molecular weight is 431 g/mol. The number of hydrogen-bond acceptors (Lipinski definition) is 6. The molecule has 0 fully saturated rings. The van der Waals surface area contributed by atoms with Gasteiger partial charge in [-0.25, -0.2) is 9.18 Å². The van der Waals surface area contributed by atoms with Crippen LogP contribution >= 0.6 is 11.3 Å². The van der Waals surface area contributed by atoms with Gasteiger partial charge in [0, 0.05) is 23.6 Å². The molecule has 1 aromatic carbocycles. The molecule has 0 N–H and O–H groups in total. The number of carbonyl (C=O) groups is 3. The number of ketones is 1. The number of carbonyl (C=O) groups excluding carboxylic acids is 3. The molecule has 0 saturated heterocycles. The molecule has 0 radical (unpaired) electrons. The molecule has 30 heavy (non-hydrogen) atoms. The highest BCUT2D eigenvalue weighted by Gasteiger charge is 2.22. The molecular formula is C22H22FNO5S. The predicted molar refractivity (Wildman–Crippen MR) is 112 cm³/mol. The summed E-state index contributed by atoms with van der Waals surface area (Å²) in [7, 11) is 1.28. The fraction of sp³-hybridized carbons (Fsp3) is 0.318. The van der Waals surface area contributed by atoms with Crippen molar-refractivity contribution in [3.8, 4) is 11.1 Å². The topological polar surface area (TPSA) is 74.6 Å². The van der Waals surface area contributed by atoms with Gasteiger partial charge < -0.3 is 9.47 Å². The molecule has 3 aromatic rings. The van der Waals surface area contributed by atoms with E-state index in [0.29, 0.717) is 21.3 Å². The lowest BCUT2D eigenvalue weighted by atomic mass is 10.1. The van der Waals surface area contributed by atoms with Gasteiger partial charge in [-0.3, -0.25) is 14.2 Å². The Hall–Kier alpha value is -3.00. The molecule has 0 aliphatic carbocycles. The lowest BCUT2D eigenvalue weighted by Gasteiger charge is -2.19. The van der Waals surface area contributed by atoms with Crippen molar-refractivity contribution in [2.24, 2.45) is 0 Å². The molecule has 0 bridgehead atoms. The molecule has 158 valence electrons. The zero-order valence-corrected chi connectivity index (χ0v) is 18.0. The minimum atomic E-state index is -0.706. The Balaban J connectivity index is 1.97. The molecular weight excluding hydrogens is 409 g/mol. The molecule has 0 atom stereocenters. The molecule has 0 aliphatic rings. The number of thiophene rings is 1. The number of halogens is 1. The van der Waals surface area contributed by atoms with E-state index < -0.39 is 23.5 Å². The first-order chi connectivity index (χ1) is 14.1. The Kier molecular flexibility index (Phi) is 6.07. The van der Waals surface area contributed by atoms with Gasteiger partial charge >= 0.3 is 12.1 Å². The second-order valence-electron chi connectivity index (χ2n) is 7.75. The highest BCUT2D eigenvalue weighted by Crippen LogP contribution is 2.34. The number of benzene rings is 1. The highest BCUT2D eigenvalue weighted by molar-refractivity contribution is 7.12. The van der Waals surface area contributed by atoms with Gasteiger partial charge in [-0.2, -0.15) is 0 Å². The van der Waals surface area contributed by atoms with E-state index in [4.69, 9.17) is 4.74 Å². The van der Waals surface area contributed by atoms with Crippen LogP contribution in [0.4, 0.5) is 9.18 Å². The summed E-state index contributed by atoms with van der Waals surface area (Å²) in [5.41, 5.74) is 1.08. The Morgan fingerprint density at radius 3 is 2.53 bits per heavy atom. The van der Waals surface area contributed by atoms with Crippen LogP contribution in [-0.2, 0) is 14.3 Å². The van der Waals surface area contributed by atoms with Crippen molar-refractivity contribution in [2.45, 2.75) is 39.2 Å². The lowest BCUT2D eigenvalue weighted by molar-refractivity contribution is -0.140. The molecule has 0 spiro atoms. The molecule has 8 heteroatoms. The maximum atomic E-state index is 13.9. The molecule has 3 rings (SSSR count). The lowest BCUT2D eigenvalue weighted by Crippen LogP contribution is -2.26. The van der Waals surface area contributed by atoms with E-state index in [1.54, 1.807) is 44.5 Å². The number of Topliss-reactive ketones (excluding diaryl/α,β-unsaturated/α-hetero) is 1. The third-order valence-electron chi connectivity index (χ3n) is 4.33. The average Bonchev–Trinajstić information content (AvgIpc) is 3.28. The first-order valence-electron chi connectivity index (χ1n) is 9.32. The van der Waals surface area contributed by atoms with Crippen LogP contribution in [0.15, 0.2) is 35.8 Å². The summed E-state index contributed by atoms with van der Waals surface area (Å²) in [6.07, 6.45) is 1.04. The van der Waals surface area contributed by atoms with Crippen molar-refractivity contribution < 1.29 is 28.2 Å². The van der Waals surface area contributed by atoms with Crippen molar-refractivity contribution in [3.05, 3.63) is 46.5 Å². The van der Waals surface area contributed by atoms with E-state index in [2.05, 4.69) is 4.74 Å². The molecule has 6 nitrogen and oxygen atoms in total. The summed E-state index contributed by atoms with van der Waals surface area (Å²) in [6, 6.07) is 5.90. The second kappa shape index (κ2) is 8.39. The van der Waals surface area contributed by atoms with E-state index >= 15 is 0 Å². The van der Waals surface area contributed by atoms with Gasteiger partial charge in [-0.05, 0) is 56.0 Å². The number of hydrogen-bond donors (Lipinski definition) is 0. The smallest absolute Gasteiger partial charge is 0.419 e. The zero-order valence-electron chi connectivity index (χ0n) is 17.2. The van der Waals surface area contributed by atoms with Gasteiger partial charge in [-0.1, -0.05) is 0 Å². The summed E-state index contributed by atoms with van der Waals surface area (Å²) < 4.78 is 25.1. The number of ether oxygens (including phenoxy) is 2. The van der Waals surface area contributed by atoms with Crippen molar-refractivity contribution in [2.75, 3.05) is 7.11 Å². The number of aromatic nitrogens is 1. The van der Waals surface area contributed by atoms with Gasteiger partial charge in [0.25, 0.3) is 0 Å². The third-order valence-corrected chi connectivity index (χ3v) is 5.30. The second-order valence-corrected chi connectivity index (χ2v) is 8.66. The van der Waals surface area contributed by atoms with Crippen molar-refractivity contribution in [1.29, 1.82) is 0 Å². The van der Waals surface area contributed by atoms with Crippen LogP contribution in [0.25, 0.3) is 22.0 Å². The van der Waals surface area contributed by atoms with Crippen molar-refractivity contribution >= 4 is 40.1 Å². The van der Waals surface area contributed by atoms with E-state index in [1.807, 2.05) is 0 Å². The standard InChI is InChI=1S/C22H22FNO5S/c1-22(2,3)29-21(27)24-11-16(15-6-5-14(23)10-17(15)24)13-9-19(30-12-13)18(25)7-8-20(26)28-4/h5-6,9-12H,7-8H2,1-4H3. The molecule has 0 unspecified atom stereocenters. The maximum absolute atomic E-state index is 13.9. The van der Waals surface area contributed by atoms with Crippen LogP contribution in [0, 0.1) is 5.82 Å². The largest absolute Gasteiger partial charge is 0.469 e. The Morgan fingerprint density at radius 1 is 1.13 bits per heavy atom. The Bertz CT molecular complexity index is 1120. The van der Waals surface area contributed by atoms with Crippen LogP contribution in [-0.4, -0.2) is 35.1 Å². The van der Waals surface area contributed by atoms with Crippen LogP contribution in [0.2, 0.25) is 0 Å². The van der Waals surface area contributed by atoms with Gasteiger partial charge in [-0.15, -0.1) is 11.3 Å². The Labute approximate surface area is 177 Å². The van der Waals surface area contributed by atoms with E-state index in [9.17, 15) is 18.8 Å². The minimum Gasteiger partial charge on any atom is -0.469 e. The van der Waals surface area contributed by atoms with Crippen LogP contribution in [0.5, 0.6) is 0 Å². The molecule has 2 heterocycles. The first kappa shape index (κ1) is 21.7. The van der Waals surface area contributed by atoms with Crippen LogP contribution in [0.3, 0.4) is 0 Å². The molecule has 2 aromatic heterocycles.